The van der Waals surface area contributed by atoms with Gasteiger partial charge < -0.3 is 10.5 Å². The zero-order valence-electron chi connectivity index (χ0n) is 12.6. The molecule has 0 atom stereocenters. The SMILES string of the molecule is C=Cc1c(Oc2ccc(F)c(C(N)=O)c2)c(F)cc2c1ccn2SI. The van der Waals surface area contributed by atoms with E-state index >= 15 is 0 Å². The van der Waals surface area contributed by atoms with Crippen LogP contribution in [0.25, 0.3) is 17.0 Å². The zero-order valence-corrected chi connectivity index (χ0v) is 15.6. The van der Waals surface area contributed by atoms with Gasteiger partial charge in [-0.1, -0.05) is 12.7 Å². The molecule has 25 heavy (non-hydrogen) atoms. The fourth-order valence-electron chi connectivity index (χ4n) is 2.47. The molecule has 0 aliphatic carbocycles. The van der Waals surface area contributed by atoms with Crippen LogP contribution in [0.3, 0.4) is 0 Å². The molecule has 3 rings (SSSR count). The summed E-state index contributed by atoms with van der Waals surface area (Å²) in [5.74, 6) is -2.26. The molecule has 0 saturated heterocycles. The summed E-state index contributed by atoms with van der Waals surface area (Å²) in [6.45, 7) is 3.72. The third-order valence-electron chi connectivity index (χ3n) is 3.61. The number of carbonyl (C=O) groups is 1. The molecule has 0 unspecified atom stereocenters. The Kier molecular flexibility index (Phi) is 5.00. The quantitative estimate of drug-likeness (QED) is 0.513. The zero-order chi connectivity index (χ0) is 18.1. The first kappa shape index (κ1) is 17.7. The van der Waals surface area contributed by atoms with Crippen LogP contribution in [0.15, 0.2) is 43.1 Å². The molecule has 1 amide bonds. The van der Waals surface area contributed by atoms with E-state index in [0.717, 1.165) is 17.5 Å². The molecule has 0 bridgehead atoms. The first-order valence-electron chi connectivity index (χ1n) is 6.98. The molecule has 2 aromatic carbocycles. The van der Waals surface area contributed by atoms with Crippen molar-refractivity contribution in [2.45, 2.75) is 0 Å². The summed E-state index contributed by atoms with van der Waals surface area (Å²) in [6.07, 6.45) is 3.29. The average Bonchev–Trinajstić information content (AvgIpc) is 2.99. The van der Waals surface area contributed by atoms with E-state index in [4.69, 9.17) is 10.5 Å². The number of nitrogens with two attached hydrogens (primary N) is 1. The van der Waals surface area contributed by atoms with E-state index in [0.29, 0.717) is 11.1 Å². The number of ether oxygens (including phenoxy) is 1. The van der Waals surface area contributed by atoms with Gasteiger partial charge in [-0.2, -0.15) is 0 Å². The van der Waals surface area contributed by atoms with E-state index in [1.807, 2.05) is 6.07 Å². The average molecular weight is 472 g/mol. The monoisotopic (exact) mass is 472 g/mol. The molecule has 2 N–H and O–H groups in total. The standard InChI is InChI=1S/C17H11F2IN2O2S/c1-2-10-11-5-6-22(25-20)15(11)8-14(19)16(10)24-9-3-4-13(18)12(7-9)17(21)23/h2-8H,1H2,(H2,21,23). The summed E-state index contributed by atoms with van der Waals surface area (Å²) >= 11 is 2.09. The van der Waals surface area contributed by atoms with Crippen molar-refractivity contribution in [3.8, 4) is 11.5 Å². The minimum atomic E-state index is -0.932. The molecule has 4 nitrogen and oxygen atoms in total. The second-order valence-electron chi connectivity index (χ2n) is 5.06. The highest BCUT2D eigenvalue weighted by molar-refractivity contribution is 14.2. The normalized spacial score (nSPS) is 10.8. The Labute approximate surface area is 158 Å². The number of hydrogen-bond donors (Lipinski definition) is 1. The summed E-state index contributed by atoms with van der Waals surface area (Å²) in [4.78, 5) is 11.3. The van der Waals surface area contributed by atoms with E-state index in [-0.39, 0.29) is 17.1 Å². The topological polar surface area (TPSA) is 57.2 Å². The van der Waals surface area contributed by atoms with Crippen molar-refractivity contribution in [2.24, 2.45) is 5.73 Å². The second kappa shape index (κ2) is 7.04. The largest absolute Gasteiger partial charge is 0.454 e. The van der Waals surface area contributed by atoms with Crippen LogP contribution in [0, 0.1) is 11.6 Å². The summed E-state index contributed by atoms with van der Waals surface area (Å²) in [7, 11) is 1.40. The third-order valence-corrected chi connectivity index (χ3v) is 5.35. The van der Waals surface area contributed by atoms with Gasteiger partial charge in [-0.05, 0) is 24.3 Å². The summed E-state index contributed by atoms with van der Waals surface area (Å²) < 4.78 is 35.6. The van der Waals surface area contributed by atoms with Crippen molar-refractivity contribution in [2.75, 3.05) is 0 Å². The fraction of sp³-hybridized carbons (Fsp3) is 0. The summed E-state index contributed by atoms with van der Waals surface area (Å²) in [5.41, 5.74) is 5.94. The van der Waals surface area contributed by atoms with Crippen LogP contribution < -0.4 is 10.5 Å². The number of rotatable bonds is 5. The molecule has 8 heteroatoms. The molecule has 1 heterocycles. The number of carbonyl (C=O) groups excluding carboxylic acids is 1. The van der Waals surface area contributed by atoms with Gasteiger partial charge >= 0.3 is 0 Å². The van der Waals surface area contributed by atoms with E-state index in [1.54, 1.807) is 10.2 Å². The Bertz CT molecular complexity index is 1000. The maximum Gasteiger partial charge on any atom is 0.251 e. The highest BCUT2D eigenvalue weighted by atomic mass is 127. The maximum atomic E-state index is 14.6. The number of halogens is 3. The van der Waals surface area contributed by atoms with Gasteiger partial charge in [0.1, 0.15) is 11.6 Å². The van der Waals surface area contributed by atoms with Gasteiger partial charge in [-0.3, -0.25) is 8.77 Å². The Balaban J connectivity index is 2.13. The van der Waals surface area contributed by atoms with Crippen LogP contribution in [0.1, 0.15) is 15.9 Å². The van der Waals surface area contributed by atoms with Crippen LogP contribution in [0.5, 0.6) is 11.5 Å². The lowest BCUT2D eigenvalue weighted by molar-refractivity contribution is 0.0996. The van der Waals surface area contributed by atoms with Gasteiger partial charge in [-0.25, -0.2) is 8.78 Å². The number of primary amides is 1. The molecule has 0 saturated carbocycles. The number of fused-ring (bicyclic) bond motifs is 1. The van der Waals surface area contributed by atoms with Gasteiger partial charge in [-0.15, -0.1) is 0 Å². The van der Waals surface area contributed by atoms with Crippen molar-refractivity contribution in [3.63, 3.8) is 0 Å². The van der Waals surface area contributed by atoms with Crippen LogP contribution >= 0.6 is 30.3 Å². The minimum absolute atomic E-state index is 0.0549. The molecular weight excluding hydrogens is 461 g/mol. The van der Waals surface area contributed by atoms with Crippen molar-refractivity contribution < 1.29 is 18.3 Å². The Morgan fingerprint density at radius 3 is 2.68 bits per heavy atom. The minimum Gasteiger partial charge on any atom is -0.454 e. The van der Waals surface area contributed by atoms with E-state index in [2.05, 4.69) is 27.8 Å². The number of hydrogen-bond acceptors (Lipinski definition) is 3. The first-order valence-corrected chi connectivity index (χ1v) is 10.3. The van der Waals surface area contributed by atoms with E-state index < -0.39 is 17.5 Å². The van der Waals surface area contributed by atoms with Crippen LogP contribution in [0.2, 0.25) is 0 Å². The van der Waals surface area contributed by atoms with Gasteiger partial charge in [0.25, 0.3) is 5.91 Å². The molecule has 0 aliphatic heterocycles. The number of aromatic nitrogens is 1. The summed E-state index contributed by atoms with van der Waals surface area (Å²) in [5, 5.41) is 0.757. The lowest BCUT2D eigenvalue weighted by Crippen LogP contribution is -2.13. The Hall–Kier alpha value is -2.07. The highest BCUT2D eigenvalue weighted by Crippen LogP contribution is 2.37. The van der Waals surface area contributed by atoms with Crippen molar-refractivity contribution >= 4 is 53.2 Å². The lowest BCUT2D eigenvalue weighted by atomic mass is 10.1. The molecule has 0 fully saturated rings. The lowest BCUT2D eigenvalue weighted by Gasteiger charge is -2.12. The Morgan fingerprint density at radius 2 is 2.04 bits per heavy atom. The van der Waals surface area contributed by atoms with Gasteiger partial charge in [0.15, 0.2) is 11.6 Å². The third kappa shape index (κ3) is 3.23. The van der Waals surface area contributed by atoms with Crippen molar-refractivity contribution in [1.29, 1.82) is 0 Å². The van der Waals surface area contributed by atoms with Crippen LogP contribution in [0.4, 0.5) is 8.78 Å². The van der Waals surface area contributed by atoms with E-state index in [9.17, 15) is 13.6 Å². The number of benzene rings is 2. The Morgan fingerprint density at radius 1 is 1.28 bits per heavy atom. The molecule has 0 radical (unpaired) electrons. The second-order valence-corrected chi connectivity index (χ2v) is 6.77. The molecule has 3 aromatic rings. The van der Waals surface area contributed by atoms with Crippen LogP contribution in [-0.4, -0.2) is 9.88 Å². The molecule has 0 spiro atoms. The molecule has 128 valence electrons. The van der Waals surface area contributed by atoms with Gasteiger partial charge in [0.2, 0.25) is 0 Å². The molecule has 1 aromatic heterocycles. The number of amides is 1. The van der Waals surface area contributed by atoms with Crippen molar-refractivity contribution in [3.05, 3.63) is 65.9 Å². The fourth-order valence-corrected chi connectivity index (χ4v) is 3.84. The predicted octanol–water partition coefficient (Wildman–Crippen LogP) is 5.30. The number of nitrogens with zero attached hydrogens (tertiary/aromatic N) is 1. The van der Waals surface area contributed by atoms with Gasteiger partial charge in [0.05, 0.1) is 11.1 Å². The van der Waals surface area contributed by atoms with Gasteiger partial charge in [0, 0.05) is 53.5 Å². The van der Waals surface area contributed by atoms with E-state index in [1.165, 1.54) is 27.3 Å². The first-order chi connectivity index (χ1) is 12.0. The van der Waals surface area contributed by atoms with Crippen molar-refractivity contribution in [1.82, 2.24) is 3.97 Å². The highest BCUT2D eigenvalue weighted by Gasteiger charge is 2.18. The predicted molar refractivity (Wildman–Crippen MR) is 104 cm³/mol. The summed E-state index contributed by atoms with van der Waals surface area (Å²) in [6, 6.07) is 6.65. The smallest absolute Gasteiger partial charge is 0.251 e. The maximum absolute atomic E-state index is 14.6. The molecule has 0 aliphatic rings. The van der Waals surface area contributed by atoms with Crippen LogP contribution in [-0.2, 0) is 0 Å². The molecular formula is C17H11F2IN2O2S.